The first-order valence-electron chi connectivity index (χ1n) is 5.45. The number of nitrogens with zero attached hydrogens (tertiary/aromatic N) is 1. The van der Waals surface area contributed by atoms with Gasteiger partial charge in [-0.25, -0.2) is 4.98 Å². The Balaban J connectivity index is 2.14. The Labute approximate surface area is 113 Å². The van der Waals surface area contributed by atoms with Crippen LogP contribution >= 0.6 is 27.7 Å². The zero-order chi connectivity index (χ0) is 12.3. The smallest absolute Gasteiger partial charge is 0.166 e. The van der Waals surface area contributed by atoms with Gasteiger partial charge in [-0.1, -0.05) is 34.6 Å². The van der Waals surface area contributed by atoms with Crippen LogP contribution in [-0.2, 0) is 0 Å². The van der Waals surface area contributed by atoms with Crippen LogP contribution in [-0.4, -0.2) is 28.2 Å². The van der Waals surface area contributed by atoms with Gasteiger partial charge in [0.15, 0.2) is 5.16 Å². The fourth-order valence-electron chi connectivity index (χ4n) is 1.43. The van der Waals surface area contributed by atoms with Crippen molar-refractivity contribution in [1.82, 2.24) is 9.97 Å². The number of H-pyrrole nitrogens is 1. The van der Waals surface area contributed by atoms with Crippen LogP contribution in [0.15, 0.2) is 23.4 Å². The molecule has 1 aromatic heterocycles. The summed E-state index contributed by atoms with van der Waals surface area (Å²) >= 11 is 5.24. The van der Waals surface area contributed by atoms with Crippen molar-refractivity contribution in [2.24, 2.45) is 5.92 Å². The number of rotatable bonds is 5. The molecule has 0 fully saturated rings. The third kappa shape index (κ3) is 3.16. The zero-order valence-corrected chi connectivity index (χ0v) is 12.3. The second-order valence-electron chi connectivity index (χ2n) is 4.00. The molecule has 0 aliphatic rings. The summed E-state index contributed by atoms with van der Waals surface area (Å²) in [4.78, 5) is 7.84. The molecule has 2 rings (SSSR count). The lowest BCUT2D eigenvalue weighted by Gasteiger charge is -2.03. The molecule has 17 heavy (non-hydrogen) atoms. The fraction of sp³-hybridized carbons (Fsp3) is 0.417. The molecule has 1 atom stereocenters. The van der Waals surface area contributed by atoms with E-state index in [2.05, 4.69) is 32.8 Å². The highest BCUT2D eigenvalue weighted by atomic mass is 79.9. The Morgan fingerprint density at radius 3 is 3.06 bits per heavy atom. The summed E-state index contributed by atoms with van der Waals surface area (Å²) in [5, 5.41) is 2.00. The first-order chi connectivity index (χ1) is 8.22. The fourth-order valence-corrected chi connectivity index (χ4v) is 2.86. The van der Waals surface area contributed by atoms with Gasteiger partial charge in [0.1, 0.15) is 5.75 Å². The van der Waals surface area contributed by atoms with Crippen LogP contribution in [0.3, 0.4) is 0 Å². The SMILES string of the molecule is COc1ccc2nc(SCC(C)CBr)[nH]c2c1. The number of imidazole rings is 1. The molecule has 2 aromatic rings. The molecule has 0 spiro atoms. The lowest BCUT2D eigenvalue weighted by Crippen LogP contribution is -1.98. The van der Waals surface area contributed by atoms with Crippen LogP contribution < -0.4 is 4.74 Å². The maximum atomic E-state index is 5.19. The Bertz CT molecular complexity index is 500. The van der Waals surface area contributed by atoms with Gasteiger partial charge in [0, 0.05) is 17.1 Å². The molecule has 5 heteroatoms. The van der Waals surface area contributed by atoms with Gasteiger partial charge >= 0.3 is 0 Å². The average molecular weight is 315 g/mol. The molecule has 0 aliphatic heterocycles. The quantitative estimate of drug-likeness (QED) is 0.675. The van der Waals surface area contributed by atoms with E-state index in [0.717, 1.165) is 33.0 Å². The van der Waals surface area contributed by atoms with Crippen LogP contribution in [0.25, 0.3) is 11.0 Å². The Morgan fingerprint density at radius 2 is 2.35 bits per heavy atom. The lowest BCUT2D eigenvalue weighted by atomic mass is 10.3. The van der Waals surface area contributed by atoms with Crippen molar-refractivity contribution in [3.05, 3.63) is 18.2 Å². The summed E-state index contributed by atoms with van der Waals surface area (Å²) in [5.74, 6) is 2.55. The van der Waals surface area contributed by atoms with E-state index in [1.54, 1.807) is 18.9 Å². The molecule has 1 N–H and O–H groups in total. The third-order valence-electron chi connectivity index (χ3n) is 2.44. The first kappa shape index (κ1) is 12.8. The van der Waals surface area contributed by atoms with Crippen molar-refractivity contribution in [1.29, 1.82) is 0 Å². The number of methoxy groups -OCH3 is 1. The standard InChI is InChI=1S/C12H15BrN2OS/c1-8(6-13)7-17-12-14-10-4-3-9(16-2)5-11(10)15-12/h3-5,8H,6-7H2,1-2H3,(H,14,15). The summed E-state index contributed by atoms with van der Waals surface area (Å²) < 4.78 is 5.19. The summed E-state index contributed by atoms with van der Waals surface area (Å²) in [7, 11) is 1.67. The van der Waals surface area contributed by atoms with Crippen LogP contribution in [0.4, 0.5) is 0 Å². The van der Waals surface area contributed by atoms with Crippen molar-refractivity contribution < 1.29 is 4.74 Å². The minimum atomic E-state index is 0.641. The molecule has 0 aliphatic carbocycles. The number of halogens is 1. The number of ether oxygens (including phenoxy) is 1. The third-order valence-corrected chi connectivity index (χ3v) is 4.74. The highest BCUT2D eigenvalue weighted by Gasteiger charge is 2.06. The van der Waals surface area contributed by atoms with Gasteiger partial charge in [-0.2, -0.15) is 0 Å². The van der Waals surface area contributed by atoms with E-state index in [0.29, 0.717) is 5.92 Å². The Hall–Kier alpha value is -0.680. The summed E-state index contributed by atoms with van der Waals surface area (Å²) in [5.41, 5.74) is 2.01. The van der Waals surface area contributed by atoms with E-state index in [9.17, 15) is 0 Å². The molecule has 0 bridgehead atoms. The highest BCUT2D eigenvalue weighted by molar-refractivity contribution is 9.09. The number of nitrogens with one attached hydrogen (secondary N) is 1. The molecule has 1 heterocycles. The second-order valence-corrected chi connectivity index (χ2v) is 5.65. The van der Waals surface area contributed by atoms with Crippen LogP contribution in [0, 0.1) is 5.92 Å². The maximum absolute atomic E-state index is 5.19. The molecule has 1 unspecified atom stereocenters. The Kier molecular flexibility index (Phi) is 4.34. The number of hydrogen-bond acceptors (Lipinski definition) is 3. The van der Waals surface area contributed by atoms with Gasteiger partial charge in [0.25, 0.3) is 0 Å². The second kappa shape index (κ2) is 5.78. The molecule has 0 saturated heterocycles. The van der Waals surface area contributed by atoms with Gasteiger partial charge in [-0.05, 0) is 18.1 Å². The molecule has 3 nitrogen and oxygen atoms in total. The predicted octanol–water partition coefficient (Wildman–Crippen LogP) is 3.69. The van der Waals surface area contributed by atoms with Crippen molar-refractivity contribution in [3.63, 3.8) is 0 Å². The highest BCUT2D eigenvalue weighted by Crippen LogP contribution is 2.24. The lowest BCUT2D eigenvalue weighted by molar-refractivity contribution is 0.415. The van der Waals surface area contributed by atoms with E-state index in [1.165, 1.54) is 0 Å². The summed E-state index contributed by atoms with van der Waals surface area (Å²) in [6.45, 7) is 2.22. The van der Waals surface area contributed by atoms with Crippen molar-refractivity contribution >= 4 is 38.7 Å². The number of fused-ring (bicyclic) bond motifs is 1. The van der Waals surface area contributed by atoms with E-state index in [-0.39, 0.29) is 0 Å². The number of hydrogen-bond donors (Lipinski definition) is 1. The molecule has 92 valence electrons. The summed E-state index contributed by atoms with van der Waals surface area (Å²) in [6, 6.07) is 5.88. The van der Waals surface area contributed by atoms with Crippen molar-refractivity contribution in [3.8, 4) is 5.75 Å². The van der Waals surface area contributed by atoms with E-state index in [1.807, 2.05) is 18.2 Å². The van der Waals surface area contributed by atoms with E-state index in [4.69, 9.17) is 4.74 Å². The minimum absolute atomic E-state index is 0.641. The number of benzene rings is 1. The Morgan fingerprint density at radius 1 is 1.53 bits per heavy atom. The van der Waals surface area contributed by atoms with Gasteiger partial charge in [0.05, 0.1) is 18.1 Å². The molecule has 0 amide bonds. The van der Waals surface area contributed by atoms with Crippen LogP contribution in [0.5, 0.6) is 5.75 Å². The van der Waals surface area contributed by atoms with E-state index >= 15 is 0 Å². The number of aromatic nitrogens is 2. The molecule has 1 aromatic carbocycles. The zero-order valence-electron chi connectivity index (χ0n) is 9.87. The largest absolute Gasteiger partial charge is 0.497 e. The summed E-state index contributed by atoms with van der Waals surface area (Å²) in [6.07, 6.45) is 0. The first-order valence-corrected chi connectivity index (χ1v) is 7.56. The average Bonchev–Trinajstić information content (AvgIpc) is 2.77. The van der Waals surface area contributed by atoms with Gasteiger partial charge < -0.3 is 9.72 Å². The number of thioether (sulfide) groups is 1. The van der Waals surface area contributed by atoms with Crippen LogP contribution in [0.1, 0.15) is 6.92 Å². The maximum Gasteiger partial charge on any atom is 0.166 e. The van der Waals surface area contributed by atoms with Crippen molar-refractivity contribution in [2.75, 3.05) is 18.2 Å². The van der Waals surface area contributed by atoms with Gasteiger partial charge in [0.2, 0.25) is 0 Å². The topological polar surface area (TPSA) is 37.9 Å². The van der Waals surface area contributed by atoms with Crippen molar-refractivity contribution in [2.45, 2.75) is 12.1 Å². The monoisotopic (exact) mass is 314 g/mol. The van der Waals surface area contributed by atoms with Crippen LogP contribution in [0.2, 0.25) is 0 Å². The molecular weight excluding hydrogens is 300 g/mol. The van der Waals surface area contributed by atoms with Gasteiger partial charge in [-0.3, -0.25) is 0 Å². The predicted molar refractivity (Wildman–Crippen MR) is 76.3 cm³/mol. The molecule has 0 saturated carbocycles. The molecular formula is C12H15BrN2OS. The van der Waals surface area contributed by atoms with Gasteiger partial charge in [-0.15, -0.1) is 0 Å². The number of alkyl halides is 1. The molecule has 0 radical (unpaired) electrons. The van der Waals surface area contributed by atoms with E-state index < -0.39 is 0 Å². The normalized spacial score (nSPS) is 12.9. The minimum Gasteiger partial charge on any atom is -0.497 e. The number of aromatic amines is 1.